The van der Waals surface area contributed by atoms with Crippen LogP contribution in [0, 0.1) is 5.82 Å². The van der Waals surface area contributed by atoms with Crippen LogP contribution in [-0.4, -0.2) is 32.2 Å². The predicted molar refractivity (Wildman–Crippen MR) is 123 cm³/mol. The lowest BCUT2D eigenvalue weighted by Gasteiger charge is -2.17. The van der Waals surface area contributed by atoms with Gasteiger partial charge in [0.15, 0.2) is 5.75 Å². The fourth-order valence-electron chi connectivity index (χ4n) is 3.74. The van der Waals surface area contributed by atoms with Crippen LogP contribution in [0.3, 0.4) is 0 Å². The first-order valence-electron chi connectivity index (χ1n) is 10.5. The van der Waals surface area contributed by atoms with Crippen LogP contribution in [-0.2, 0) is 21.2 Å². The minimum atomic E-state index is -4.38. The van der Waals surface area contributed by atoms with Crippen molar-refractivity contribution >= 4 is 33.3 Å². The first kappa shape index (κ1) is 22.5. The molecule has 0 radical (unpaired) electrons. The van der Waals surface area contributed by atoms with E-state index < -0.39 is 32.5 Å². The maximum absolute atomic E-state index is 14.2. The summed E-state index contributed by atoms with van der Waals surface area (Å²) in [4.78, 5) is 12.0. The van der Waals surface area contributed by atoms with Crippen LogP contribution in [0.25, 0.3) is 11.1 Å². The predicted octanol–water partition coefficient (Wildman–Crippen LogP) is 4.91. The van der Waals surface area contributed by atoms with E-state index in [1.54, 1.807) is 18.2 Å². The Hall–Kier alpha value is -3.30. The number of carbonyl (C=O) groups is 1. The molecule has 7 nitrogen and oxygen atoms in total. The standard InChI is InChI=1S/C24H19ClFNO6S/c25-21-9-15-10-22(23(21)28)34(30,31)27-17-7-14(8-19(12-17)33-18-3-4-18)20-11-16(26)2-1-13(20)5-6-32-24(15)29/h1-2,7-12,18,27-28H,3-6H2. The van der Waals surface area contributed by atoms with Crippen molar-refractivity contribution in [1.82, 2.24) is 0 Å². The van der Waals surface area contributed by atoms with Gasteiger partial charge in [0.1, 0.15) is 16.5 Å². The molecule has 5 rings (SSSR count). The molecular weight excluding hydrogens is 485 g/mol. The zero-order valence-corrected chi connectivity index (χ0v) is 19.2. The number of aromatic hydroxyl groups is 1. The van der Waals surface area contributed by atoms with E-state index >= 15 is 0 Å². The van der Waals surface area contributed by atoms with Gasteiger partial charge in [-0.15, -0.1) is 0 Å². The van der Waals surface area contributed by atoms with Crippen LogP contribution < -0.4 is 9.46 Å². The number of nitrogens with one attached hydrogen (secondary N) is 1. The first-order valence-corrected chi connectivity index (χ1v) is 12.4. The lowest BCUT2D eigenvalue weighted by atomic mass is 9.97. The van der Waals surface area contributed by atoms with E-state index in [4.69, 9.17) is 21.1 Å². The number of cyclic esters (lactones) is 1. The molecule has 3 aromatic rings. The number of hydrogen-bond acceptors (Lipinski definition) is 6. The summed E-state index contributed by atoms with van der Waals surface area (Å²) in [7, 11) is -4.38. The third-order valence-electron chi connectivity index (χ3n) is 5.53. The van der Waals surface area contributed by atoms with Crippen LogP contribution in [0.5, 0.6) is 11.5 Å². The number of carbonyl (C=O) groups excluding carboxylic acids is 1. The molecule has 1 saturated carbocycles. The SMILES string of the molecule is O=C1OCCc2ccc(F)cc2-c2cc(cc(OC3CC3)c2)NS(=O)(=O)c2cc1cc(Cl)c2O. The Morgan fingerprint density at radius 1 is 1.09 bits per heavy atom. The van der Waals surface area contributed by atoms with E-state index in [1.165, 1.54) is 18.2 Å². The van der Waals surface area contributed by atoms with Crippen molar-refractivity contribution in [3.8, 4) is 22.6 Å². The van der Waals surface area contributed by atoms with Crippen molar-refractivity contribution in [2.75, 3.05) is 11.3 Å². The summed E-state index contributed by atoms with van der Waals surface area (Å²) in [5.41, 5.74) is 1.74. The molecule has 2 N–H and O–H groups in total. The van der Waals surface area contributed by atoms with Crippen LogP contribution >= 0.6 is 11.6 Å². The van der Waals surface area contributed by atoms with Crippen LogP contribution in [0.4, 0.5) is 10.1 Å². The molecular formula is C24H19ClFNO6S. The van der Waals surface area contributed by atoms with Gasteiger partial charge in [0, 0.05) is 12.5 Å². The molecule has 1 aliphatic carbocycles. The molecule has 1 aliphatic heterocycles. The van der Waals surface area contributed by atoms with Crippen molar-refractivity contribution in [2.24, 2.45) is 0 Å². The second kappa shape index (κ2) is 8.48. The maximum atomic E-state index is 14.2. The summed E-state index contributed by atoms with van der Waals surface area (Å²) in [6.45, 7) is -0.0403. The molecule has 3 aromatic carbocycles. The molecule has 0 amide bonds. The second-order valence-corrected chi connectivity index (χ2v) is 10.2. The number of rotatable bonds is 2. The molecule has 0 spiro atoms. The number of ether oxygens (including phenoxy) is 2. The Morgan fingerprint density at radius 2 is 1.88 bits per heavy atom. The quantitative estimate of drug-likeness (QED) is 0.482. The Bertz CT molecular complexity index is 1420. The van der Waals surface area contributed by atoms with Gasteiger partial charge in [0.2, 0.25) is 0 Å². The van der Waals surface area contributed by atoms with Gasteiger partial charge in [-0.05, 0) is 65.9 Å². The minimum Gasteiger partial charge on any atom is -0.505 e. The van der Waals surface area contributed by atoms with Crippen molar-refractivity contribution < 1.29 is 32.2 Å². The summed E-state index contributed by atoms with van der Waals surface area (Å²) in [6, 6.07) is 11.2. The van der Waals surface area contributed by atoms with Crippen molar-refractivity contribution in [2.45, 2.75) is 30.3 Å². The molecule has 4 bridgehead atoms. The van der Waals surface area contributed by atoms with Gasteiger partial charge in [-0.3, -0.25) is 4.72 Å². The lowest BCUT2D eigenvalue weighted by molar-refractivity contribution is 0.0509. The van der Waals surface area contributed by atoms with Gasteiger partial charge in [-0.1, -0.05) is 17.7 Å². The van der Waals surface area contributed by atoms with Crippen molar-refractivity contribution in [1.29, 1.82) is 0 Å². The summed E-state index contributed by atoms with van der Waals surface area (Å²) in [5, 5.41) is 10.0. The smallest absolute Gasteiger partial charge is 0.338 e. The van der Waals surface area contributed by atoms with Gasteiger partial charge in [0.05, 0.1) is 29.0 Å². The van der Waals surface area contributed by atoms with E-state index in [1.807, 2.05) is 0 Å². The number of phenolic OH excluding ortho intramolecular Hbond substituents is 1. The average Bonchev–Trinajstić information content (AvgIpc) is 3.59. The number of anilines is 1. The molecule has 0 atom stereocenters. The summed E-state index contributed by atoms with van der Waals surface area (Å²) in [6.07, 6.45) is 2.10. The molecule has 1 fully saturated rings. The van der Waals surface area contributed by atoms with E-state index in [9.17, 15) is 22.7 Å². The molecule has 176 valence electrons. The van der Waals surface area contributed by atoms with Gasteiger partial charge in [0.25, 0.3) is 10.0 Å². The Labute approximate surface area is 200 Å². The first-order chi connectivity index (χ1) is 16.2. The number of fused-ring (bicyclic) bond motifs is 6. The molecule has 0 aromatic heterocycles. The highest BCUT2D eigenvalue weighted by molar-refractivity contribution is 7.92. The number of benzene rings is 3. The molecule has 2 aliphatic rings. The molecule has 1 heterocycles. The van der Waals surface area contributed by atoms with E-state index in [0.717, 1.165) is 25.0 Å². The third-order valence-corrected chi connectivity index (χ3v) is 7.21. The van der Waals surface area contributed by atoms with Crippen LogP contribution in [0.15, 0.2) is 53.4 Å². The number of halogens is 2. The fraction of sp³-hybridized carbons (Fsp3) is 0.208. The van der Waals surface area contributed by atoms with Gasteiger partial charge in [-0.25, -0.2) is 17.6 Å². The monoisotopic (exact) mass is 503 g/mol. The van der Waals surface area contributed by atoms with Crippen LogP contribution in [0.2, 0.25) is 5.02 Å². The highest BCUT2D eigenvalue weighted by Gasteiger charge is 2.27. The van der Waals surface area contributed by atoms with Gasteiger partial charge in [-0.2, -0.15) is 0 Å². The normalized spacial score (nSPS) is 17.1. The van der Waals surface area contributed by atoms with E-state index in [0.29, 0.717) is 22.4 Å². The number of esters is 1. The highest BCUT2D eigenvalue weighted by Crippen LogP contribution is 2.38. The minimum absolute atomic E-state index is 0.0382. The van der Waals surface area contributed by atoms with Crippen molar-refractivity contribution in [3.63, 3.8) is 0 Å². The Morgan fingerprint density at radius 3 is 2.65 bits per heavy atom. The lowest BCUT2D eigenvalue weighted by Crippen LogP contribution is -2.16. The van der Waals surface area contributed by atoms with E-state index in [-0.39, 0.29) is 35.4 Å². The molecule has 34 heavy (non-hydrogen) atoms. The summed E-state index contributed by atoms with van der Waals surface area (Å²) < 4.78 is 54.2. The number of sulfonamides is 1. The van der Waals surface area contributed by atoms with Gasteiger partial charge >= 0.3 is 5.97 Å². The summed E-state index contributed by atoms with van der Waals surface area (Å²) in [5.74, 6) is -1.56. The topological polar surface area (TPSA) is 102 Å². The third kappa shape index (κ3) is 4.53. The Kier molecular flexibility index (Phi) is 5.61. The number of phenols is 1. The van der Waals surface area contributed by atoms with Crippen molar-refractivity contribution in [3.05, 3.63) is 70.5 Å². The molecule has 0 saturated heterocycles. The van der Waals surface area contributed by atoms with E-state index in [2.05, 4.69) is 4.72 Å². The Balaban J connectivity index is 1.70. The summed E-state index contributed by atoms with van der Waals surface area (Å²) >= 11 is 6.01. The fourth-order valence-corrected chi connectivity index (χ4v) is 5.20. The number of hydrogen-bond donors (Lipinski definition) is 2. The molecule has 0 unspecified atom stereocenters. The largest absolute Gasteiger partial charge is 0.505 e. The second-order valence-electron chi connectivity index (χ2n) is 8.16. The highest BCUT2D eigenvalue weighted by atomic mass is 35.5. The molecule has 10 heteroatoms. The zero-order chi connectivity index (χ0) is 24.0. The average molecular weight is 504 g/mol. The van der Waals surface area contributed by atoms with Crippen LogP contribution in [0.1, 0.15) is 28.8 Å². The zero-order valence-electron chi connectivity index (χ0n) is 17.7. The maximum Gasteiger partial charge on any atom is 0.338 e. The van der Waals surface area contributed by atoms with Gasteiger partial charge < -0.3 is 14.6 Å².